The van der Waals surface area contributed by atoms with Gasteiger partial charge in [-0.1, -0.05) is 30.7 Å². The van der Waals surface area contributed by atoms with Gasteiger partial charge in [-0.15, -0.1) is 0 Å². The first-order chi connectivity index (χ1) is 8.70. The molecule has 1 heterocycles. The zero-order chi connectivity index (χ0) is 13.0. The van der Waals surface area contributed by atoms with Crippen LogP contribution in [0.15, 0.2) is 24.3 Å². The molecule has 1 aromatic rings. The van der Waals surface area contributed by atoms with E-state index in [1.54, 1.807) is 6.07 Å². The number of hydrogen-bond donors (Lipinski definition) is 1. The van der Waals surface area contributed by atoms with Crippen LogP contribution in [0.3, 0.4) is 0 Å². The molecule has 1 aromatic carbocycles. The van der Waals surface area contributed by atoms with Gasteiger partial charge in [-0.25, -0.2) is 0 Å². The van der Waals surface area contributed by atoms with E-state index in [4.69, 9.17) is 16.3 Å². The highest BCUT2D eigenvalue weighted by Gasteiger charge is 2.27. The lowest BCUT2D eigenvalue weighted by Crippen LogP contribution is -2.45. The van der Waals surface area contributed by atoms with E-state index in [1.807, 2.05) is 18.2 Å². The third-order valence-electron chi connectivity index (χ3n) is 3.26. The molecule has 3 nitrogen and oxygen atoms in total. The number of hydrogen-bond acceptors (Lipinski definition) is 3. The van der Waals surface area contributed by atoms with Crippen molar-refractivity contribution >= 4 is 11.6 Å². The molecule has 0 bridgehead atoms. The summed E-state index contributed by atoms with van der Waals surface area (Å²) in [5.41, 5.74) is 0.825. The Morgan fingerprint density at radius 3 is 3.11 bits per heavy atom. The molecule has 1 aliphatic rings. The van der Waals surface area contributed by atoms with Crippen molar-refractivity contribution in [3.05, 3.63) is 34.9 Å². The van der Waals surface area contributed by atoms with E-state index in [-0.39, 0.29) is 6.10 Å². The summed E-state index contributed by atoms with van der Waals surface area (Å²) in [4.78, 5) is 2.34. The molecule has 2 atom stereocenters. The first-order valence-corrected chi connectivity index (χ1v) is 6.86. The molecule has 4 heteroatoms. The highest BCUT2D eigenvalue weighted by molar-refractivity contribution is 6.30. The Bertz CT molecular complexity index is 384. The Hall–Kier alpha value is -0.610. The Labute approximate surface area is 113 Å². The predicted octanol–water partition coefficient (Wildman–Crippen LogP) is 2.48. The van der Waals surface area contributed by atoms with Crippen LogP contribution in [-0.4, -0.2) is 42.4 Å². The number of aliphatic hydroxyl groups is 1. The maximum absolute atomic E-state index is 10.3. The van der Waals surface area contributed by atoms with Gasteiger partial charge < -0.3 is 9.84 Å². The lowest BCUT2D eigenvalue weighted by Gasteiger charge is -2.35. The molecular weight excluding hydrogens is 250 g/mol. The van der Waals surface area contributed by atoms with E-state index >= 15 is 0 Å². The van der Waals surface area contributed by atoms with Crippen LogP contribution in [0, 0.1) is 0 Å². The number of halogens is 1. The Morgan fingerprint density at radius 1 is 1.56 bits per heavy atom. The lowest BCUT2D eigenvalue weighted by molar-refractivity contribution is -0.0898. The van der Waals surface area contributed by atoms with Crippen LogP contribution in [0.1, 0.15) is 25.0 Å². The van der Waals surface area contributed by atoms with Crippen LogP contribution in [0.4, 0.5) is 0 Å². The van der Waals surface area contributed by atoms with E-state index < -0.39 is 6.10 Å². The maximum atomic E-state index is 10.3. The number of nitrogens with zero attached hydrogens (tertiary/aromatic N) is 1. The summed E-state index contributed by atoms with van der Waals surface area (Å²) in [5.74, 6) is 0. The van der Waals surface area contributed by atoms with Crippen molar-refractivity contribution in [2.45, 2.75) is 25.6 Å². The van der Waals surface area contributed by atoms with Gasteiger partial charge in [-0.05, 0) is 30.7 Å². The summed E-state index contributed by atoms with van der Waals surface area (Å²) >= 11 is 5.94. The highest BCUT2D eigenvalue weighted by atomic mass is 35.5. The summed E-state index contributed by atoms with van der Waals surface area (Å²) in [6.45, 7) is 5.64. The normalized spacial score (nSPS) is 22.9. The van der Waals surface area contributed by atoms with E-state index in [2.05, 4.69) is 11.8 Å². The Morgan fingerprint density at radius 2 is 2.39 bits per heavy atom. The molecule has 0 amide bonds. The maximum Gasteiger partial charge on any atom is 0.106 e. The van der Waals surface area contributed by atoms with E-state index in [9.17, 15) is 5.11 Å². The summed E-state index contributed by atoms with van der Waals surface area (Å²) in [6.07, 6.45) is 0.354. The van der Waals surface area contributed by atoms with Gasteiger partial charge >= 0.3 is 0 Å². The van der Waals surface area contributed by atoms with Crippen molar-refractivity contribution in [3.8, 4) is 0 Å². The summed E-state index contributed by atoms with van der Waals surface area (Å²) in [7, 11) is 0. The number of ether oxygens (including phenoxy) is 1. The number of morpholine rings is 1. The third kappa shape index (κ3) is 3.45. The van der Waals surface area contributed by atoms with E-state index in [0.29, 0.717) is 11.6 Å². The molecule has 1 saturated heterocycles. The van der Waals surface area contributed by atoms with E-state index in [1.165, 1.54) is 0 Å². The molecule has 0 aromatic heterocycles. The molecule has 0 aliphatic carbocycles. The van der Waals surface area contributed by atoms with Crippen LogP contribution in [0.5, 0.6) is 0 Å². The van der Waals surface area contributed by atoms with Gasteiger partial charge in [0.1, 0.15) is 12.2 Å². The van der Waals surface area contributed by atoms with Crippen LogP contribution in [0.2, 0.25) is 5.02 Å². The van der Waals surface area contributed by atoms with Crippen molar-refractivity contribution in [2.75, 3.05) is 26.2 Å². The average molecular weight is 270 g/mol. The molecule has 1 aliphatic heterocycles. The van der Waals surface area contributed by atoms with Crippen molar-refractivity contribution in [2.24, 2.45) is 0 Å². The fourth-order valence-electron chi connectivity index (χ4n) is 2.35. The topological polar surface area (TPSA) is 32.7 Å². The molecule has 2 rings (SSSR count). The first-order valence-electron chi connectivity index (χ1n) is 6.48. The van der Waals surface area contributed by atoms with E-state index in [0.717, 1.165) is 31.6 Å². The van der Waals surface area contributed by atoms with Gasteiger partial charge in [-0.3, -0.25) is 4.90 Å². The standard InChI is InChI=1S/C14H20ClNO2/c1-2-6-16-7-8-18-13(10-16)14(17)11-4-3-5-12(15)9-11/h3-5,9,13-14,17H,2,6-8,10H2,1H3. The molecule has 1 N–H and O–H groups in total. The van der Waals surface area contributed by atoms with Crippen LogP contribution in [-0.2, 0) is 4.74 Å². The second kappa shape index (κ2) is 6.53. The van der Waals surface area contributed by atoms with Crippen LogP contribution < -0.4 is 0 Å². The van der Waals surface area contributed by atoms with Crippen molar-refractivity contribution in [3.63, 3.8) is 0 Å². The highest BCUT2D eigenvalue weighted by Crippen LogP contribution is 2.24. The summed E-state index contributed by atoms with van der Waals surface area (Å²) in [6, 6.07) is 7.35. The van der Waals surface area contributed by atoms with Crippen molar-refractivity contribution < 1.29 is 9.84 Å². The molecule has 18 heavy (non-hydrogen) atoms. The van der Waals surface area contributed by atoms with Gasteiger partial charge in [0.15, 0.2) is 0 Å². The molecule has 2 unspecified atom stereocenters. The zero-order valence-electron chi connectivity index (χ0n) is 10.7. The molecule has 1 fully saturated rings. The number of rotatable bonds is 4. The SMILES string of the molecule is CCCN1CCOC(C(O)c2cccc(Cl)c2)C1. The van der Waals surface area contributed by atoms with Gasteiger partial charge in [0, 0.05) is 18.1 Å². The summed E-state index contributed by atoms with van der Waals surface area (Å²) in [5, 5.41) is 11.0. The van der Waals surface area contributed by atoms with Crippen molar-refractivity contribution in [1.29, 1.82) is 0 Å². The fraction of sp³-hybridized carbons (Fsp3) is 0.571. The second-order valence-electron chi connectivity index (χ2n) is 4.71. The fourth-order valence-corrected chi connectivity index (χ4v) is 2.55. The molecular formula is C14H20ClNO2. The molecule has 0 saturated carbocycles. The monoisotopic (exact) mass is 269 g/mol. The number of aliphatic hydroxyl groups excluding tert-OH is 1. The molecule has 0 spiro atoms. The Kier molecular flexibility index (Phi) is 5.01. The third-order valence-corrected chi connectivity index (χ3v) is 3.49. The van der Waals surface area contributed by atoms with Crippen LogP contribution >= 0.6 is 11.6 Å². The quantitative estimate of drug-likeness (QED) is 0.912. The first kappa shape index (κ1) is 13.8. The minimum Gasteiger partial charge on any atom is -0.386 e. The summed E-state index contributed by atoms with van der Waals surface area (Å²) < 4.78 is 5.68. The minimum atomic E-state index is -0.608. The average Bonchev–Trinajstić information content (AvgIpc) is 2.39. The lowest BCUT2D eigenvalue weighted by atomic mass is 10.0. The largest absolute Gasteiger partial charge is 0.386 e. The van der Waals surface area contributed by atoms with Crippen molar-refractivity contribution in [1.82, 2.24) is 4.90 Å². The second-order valence-corrected chi connectivity index (χ2v) is 5.15. The predicted molar refractivity (Wildman–Crippen MR) is 72.9 cm³/mol. The van der Waals surface area contributed by atoms with Crippen LogP contribution in [0.25, 0.3) is 0 Å². The van der Waals surface area contributed by atoms with Gasteiger partial charge in [0.25, 0.3) is 0 Å². The molecule has 0 radical (unpaired) electrons. The van der Waals surface area contributed by atoms with Gasteiger partial charge in [-0.2, -0.15) is 0 Å². The Balaban J connectivity index is 2.02. The van der Waals surface area contributed by atoms with Gasteiger partial charge in [0.05, 0.1) is 6.61 Å². The smallest absolute Gasteiger partial charge is 0.106 e. The molecule has 100 valence electrons. The minimum absolute atomic E-state index is 0.163. The zero-order valence-corrected chi connectivity index (χ0v) is 11.4. The number of benzene rings is 1. The van der Waals surface area contributed by atoms with Gasteiger partial charge in [0.2, 0.25) is 0 Å².